The van der Waals surface area contributed by atoms with E-state index in [1.807, 2.05) is 41.2 Å². The number of urea groups is 1. The molecule has 1 aromatic carbocycles. The van der Waals surface area contributed by atoms with Crippen LogP contribution in [0.25, 0.3) is 0 Å². The van der Waals surface area contributed by atoms with Crippen LogP contribution in [0, 0.1) is 0 Å². The maximum Gasteiger partial charge on any atom is 0.328 e. The van der Waals surface area contributed by atoms with Gasteiger partial charge in [-0.3, -0.25) is 19.3 Å². The molecule has 8 heteroatoms. The number of piperidine rings is 1. The number of rotatable bonds is 6. The number of imide groups is 1. The predicted octanol–water partition coefficient (Wildman–Crippen LogP) is 1.83. The Morgan fingerprint density at radius 2 is 1.81 bits per heavy atom. The highest BCUT2D eigenvalue weighted by Gasteiger charge is 2.59. The van der Waals surface area contributed by atoms with Gasteiger partial charge in [-0.15, -0.1) is 0 Å². The van der Waals surface area contributed by atoms with E-state index in [-0.39, 0.29) is 18.0 Å². The second-order valence-corrected chi connectivity index (χ2v) is 9.26. The average Bonchev–Trinajstić information content (AvgIpc) is 3.45. The van der Waals surface area contributed by atoms with E-state index in [1.165, 1.54) is 16.7 Å². The summed E-state index contributed by atoms with van der Waals surface area (Å²) in [4.78, 5) is 33.2. The van der Waals surface area contributed by atoms with Gasteiger partial charge in [0, 0.05) is 58.1 Å². The number of benzene rings is 1. The molecule has 2 saturated heterocycles. The van der Waals surface area contributed by atoms with Crippen molar-refractivity contribution in [1.82, 2.24) is 24.5 Å². The van der Waals surface area contributed by atoms with Gasteiger partial charge < -0.3 is 9.64 Å². The Morgan fingerprint density at radius 3 is 2.41 bits per heavy atom. The first-order valence-corrected chi connectivity index (χ1v) is 11.4. The van der Waals surface area contributed by atoms with Gasteiger partial charge in [0.15, 0.2) is 0 Å². The number of likely N-dealkylation sites (tertiary alicyclic amines) is 1. The molecule has 2 fully saturated rings. The van der Waals surface area contributed by atoms with Gasteiger partial charge in [0.2, 0.25) is 0 Å². The molecule has 2 aliphatic heterocycles. The number of nitrogens with zero attached hydrogens (tertiary/aromatic N) is 5. The quantitative estimate of drug-likeness (QED) is 0.645. The van der Waals surface area contributed by atoms with Crippen LogP contribution in [0.3, 0.4) is 0 Å². The fourth-order valence-electron chi connectivity index (χ4n) is 5.65. The highest BCUT2D eigenvalue weighted by Crippen LogP contribution is 2.40. The first-order valence-electron chi connectivity index (χ1n) is 11.4. The lowest BCUT2D eigenvalue weighted by molar-refractivity contribution is -0.137. The number of hydrogen-bond acceptors (Lipinski definition) is 5. The number of hydrogen-bond donors (Lipinski definition) is 0. The van der Waals surface area contributed by atoms with Crippen molar-refractivity contribution in [3.05, 3.63) is 53.3 Å². The number of methoxy groups -OCH3 is 1. The lowest BCUT2D eigenvalue weighted by Gasteiger charge is -2.42. The number of carbonyl (C=O) groups excluding carboxylic acids is 2. The molecule has 1 spiro atoms. The maximum atomic E-state index is 13.9. The van der Waals surface area contributed by atoms with Crippen molar-refractivity contribution in [2.45, 2.75) is 43.8 Å². The number of fused-ring (bicyclic) bond motifs is 1. The van der Waals surface area contributed by atoms with Crippen molar-refractivity contribution < 1.29 is 14.3 Å². The van der Waals surface area contributed by atoms with Crippen LogP contribution in [0.2, 0.25) is 0 Å². The Bertz CT molecular complexity index is 986. The topological polar surface area (TPSA) is 70.9 Å². The van der Waals surface area contributed by atoms with Crippen LogP contribution in [0.15, 0.2) is 36.7 Å². The van der Waals surface area contributed by atoms with E-state index < -0.39 is 5.54 Å². The molecule has 0 radical (unpaired) electrons. The van der Waals surface area contributed by atoms with Gasteiger partial charge in [0.25, 0.3) is 5.91 Å². The lowest BCUT2D eigenvalue weighted by atomic mass is 9.85. The number of aryl methyl sites for hydroxylation is 1. The summed E-state index contributed by atoms with van der Waals surface area (Å²) >= 11 is 0. The van der Waals surface area contributed by atoms with Gasteiger partial charge in [0.05, 0.1) is 12.8 Å². The van der Waals surface area contributed by atoms with E-state index in [4.69, 9.17) is 4.74 Å². The molecular weight excluding hydrogens is 406 g/mol. The van der Waals surface area contributed by atoms with E-state index in [0.717, 1.165) is 32.5 Å². The summed E-state index contributed by atoms with van der Waals surface area (Å²) in [5, 5.41) is 4.25. The minimum atomic E-state index is -0.754. The van der Waals surface area contributed by atoms with Gasteiger partial charge in [0.1, 0.15) is 5.54 Å². The lowest BCUT2D eigenvalue weighted by Crippen LogP contribution is -2.57. The smallest absolute Gasteiger partial charge is 0.328 e. The van der Waals surface area contributed by atoms with Crippen molar-refractivity contribution in [2.75, 3.05) is 33.4 Å². The normalized spacial score (nSPS) is 21.2. The summed E-state index contributed by atoms with van der Waals surface area (Å²) in [6.07, 6.45) is 6.71. The predicted molar refractivity (Wildman–Crippen MR) is 119 cm³/mol. The number of amides is 3. The van der Waals surface area contributed by atoms with Crippen LogP contribution < -0.4 is 0 Å². The fourth-order valence-corrected chi connectivity index (χ4v) is 5.65. The van der Waals surface area contributed by atoms with Gasteiger partial charge in [-0.2, -0.15) is 5.10 Å². The molecule has 2 aromatic rings. The van der Waals surface area contributed by atoms with Gasteiger partial charge in [-0.25, -0.2) is 4.79 Å². The molecule has 170 valence electrons. The maximum absolute atomic E-state index is 13.9. The second-order valence-electron chi connectivity index (χ2n) is 9.26. The molecule has 8 nitrogen and oxygen atoms in total. The molecule has 1 aliphatic carbocycles. The Balaban J connectivity index is 1.35. The van der Waals surface area contributed by atoms with Crippen molar-refractivity contribution in [2.24, 2.45) is 7.05 Å². The monoisotopic (exact) mass is 437 g/mol. The van der Waals surface area contributed by atoms with Gasteiger partial charge in [-0.05, 0) is 36.8 Å². The summed E-state index contributed by atoms with van der Waals surface area (Å²) < 4.78 is 7.10. The van der Waals surface area contributed by atoms with Crippen LogP contribution in [-0.4, -0.2) is 81.4 Å². The zero-order chi connectivity index (χ0) is 22.3. The van der Waals surface area contributed by atoms with E-state index in [0.29, 0.717) is 26.0 Å². The number of aromatic nitrogens is 2. The highest BCUT2D eigenvalue weighted by molar-refractivity contribution is 6.07. The van der Waals surface area contributed by atoms with E-state index >= 15 is 0 Å². The summed E-state index contributed by atoms with van der Waals surface area (Å²) in [6, 6.07) is 8.03. The van der Waals surface area contributed by atoms with Crippen molar-refractivity contribution in [3.8, 4) is 0 Å². The molecule has 0 unspecified atom stereocenters. The van der Waals surface area contributed by atoms with Crippen molar-refractivity contribution in [1.29, 1.82) is 0 Å². The molecule has 0 saturated carbocycles. The zero-order valence-electron chi connectivity index (χ0n) is 18.9. The molecule has 5 rings (SSSR count). The van der Waals surface area contributed by atoms with Crippen LogP contribution in [0.5, 0.6) is 0 Å². The third-order valence-corrected chi connectivity index (χ3v) is 7.33. The van der Waals surface area contributed by atoms with Crippen LogP contribution >= 0.6 is 0 Å². The van der Waals surface area contributed by atoms with Crippen molar-refractivity contribution in [3.63, 3.8) is 0 Å². The molecule has 0 bridgehead atoms. The minimum Gasteiger partial charge on any atom is -0.383 e. The second kappa shape index (κ2) is 8.33. The van der Waals surface area contributed by atoms with Crippen molar-refractivity contribution >= 4 is 11.9 Å². The zero-order valence-corrected chi connectivity index (χ0v) is 18.9. The van der Waals surface area contributed by atoms with Crippen LogP contribution in [0.1, 0.15) is 29.5 Å². The Morgan fingerprint density at radius 1 is 1.12 bits per heavy atom. The Hall–Kier alpha value is -2.71. The summed E-state index contributed by atoms with van der Waals surface area (Å²) in [5.74, 6) is -0.0163. The molecule has 0 N–H and O–H groups in total. The number of ether oxygens (including phenoxy) is 1. The standard InChI is InChI=1S/C24H31N5O3/c1-26-16-18(15-25-26)17-27-9-7-24(8-10-27)22(30)29(23(31)28(24)11-12-32-2)21-13-19-5-3-4-6-20(19)14-21/h3-6,15-16,21H,7-14,17H2,1-2H3. The summed E-state index contributed by atoms with van der Waals surface area (Å²) in [5.41, 5.74) is 2.90. The molecule has 3 heterocycles. The molecule has 0 atom stereocenters. The number of carbonyl (C=O) groups is 2. The molecule has 1 aromatic heterocycles. The fraction of sp³-hybridized carbons (Fsp3) is 0.542. The Kier molecular flexibility index (Phi) is 5.51. The SMILES string of the molecule is COCCN1C(=O)N(C2Cc3ccccc3C2)C(=O)C12CCN(Cc1cnn(C)c1)CC2. The third kappa shape index (κ3) is 3.51. The van der Waals surface area contributed by atoms with E-state index in [9.17, 15) is 9.59 Å². The first kappa shape index (κ1) is 21.2. The van der Waals surface area contributed by atoms with Gasteiger partial charge >= 0.3 is 6.03 Å². The van der Waals surface area contributed by atoms with Crippen LogP contribution in [0.4, 0.5) is 4.79 Å². The van der Waals surface area contributed by atoms with Gasteiger partial charge in [-0.1, -0.05) is 24.3 Å². The molecule has 3 aliphatic rings. The molecule has 3 amide bonds. The summed E-state index contributed by atoms with van der Waals surface area (Å²) in [6.45, 7) is 3.23. The van der Waals surface area contributed by atoms with E-state index in [1.54, 1.807) is 12.0 Å². The third-order valence-electron chi connectivity index (χ3n) is 7.33. The molecular formula is C24H31N5O3. The highest BCUT2D eigenvalue weighted by atomic mass is 16.5. The Labute approximate surface area is 188 Å². The molecule has 32 heavy (non-hydrogen) atoms. The largest absolute Gasteiger partial charge is 0.383 e. The minimum absolute atomic E-state index is 0.0163. The average molecular weight is 438 g/mol. The summed E-state index contributed by atoms with van der Waals surface area (Å²) in [7, 11) is 3.55. The van der Waals surface area contributed by atoms with E-state index in [2.05, 4.69) is 22.1 Å². The van der Waals surface area contributed by atoms with Crippen LogP contribution in [-0.2, 0) is 36.0 Å². The first-order chi connectivity index (χ1) is 15.5.